The van der Waals surface area contributed by atoms with Crippen molar-refractivity contribution in [3.05, 3.63) is 47.2 Å². The smallest absolute Gasteiger partial charge is 0.263 e. The summed E-state index contributed by atoms with van der Waals surface area (Å²) in [6.45, 7) is 2.77. The number of aryl methyl sites for hydroxylation is 1. The van der Waals surface area contributed by atoms with Crippen molar-refractivity contribution in [3.63, 3.8) is 0 Å². The Labute approximate surface area is 176 Å². The Hall–Kier alpha value is -2.28. The highest BCUT2D eigenvalue weighted by molar-refractivity contribution is 5.97. The Bertz CT molecular complexity index is 660. The van der Waals surface area contributed by atoms with Crippen molar-refractivity contribution >= 4 is 5.91 Å². The molecule has 1 aliphatic carbocycles. The molecule has 0 atom stereocenters. The van der Waals surface area contributed by atoms with Crippen molar-refractivity contribution in [2.45, 2.75) is 90.0 Å². The third-order valence-electron chi connectivity index (χ3n) is 5.73. The molecule has 0 saturated heterocycles. The number of benzene rings is 1. The van der Waals surface area contributed by atoms with Gasteiger partial charge >= 0.3 is 0 Å². The molecule has 4 nitrogen and oxygen atoms in total. The van der Waals surface area contributed by atoms with Crippen LogP contribution >= 0.6 is 0 Å². The molecule has 29 heavy (non-hydrogen) atoms. The Kier molecular flexibility index (Phi) is 11.0. The summed E-state index contributed by atoms with van der Waals surface area (Å²) in [5.41, 5.74) is 2.66. The third-order valence-corrected chi connectivity index (χ3v) is 5.73. The molecule has 1 amide bonds. The number of hydrogen-bond acceptors (Lipinski definition) is 3. The van der Waals surface area contributed by atoms with Crippen LogP contribution in [0.2, 0.25) is 0 Å². The second kappa shape index (κ2) is 13.8. The van der Waals surface area contributed by atoms with Gasteiger partial charge in [-0.3, -0.25) is 4.79 Å². The fraction of sp³-hybridized carbons (Fsp3) is 0.600. The summed E-state index contributed by atoms with van der Waals surface area (Å²) < 4.78 is 0. The van der Waals surface area contributed by atoms with Crippen molar-refractivity contribution in [3.8, 4) is 6.07 Å². The molecule has 158 valence electrons. The number of carbonyl (C=O) groups excluding carboxylic acids is 1. The molecular weight excluding hydrogens is 358 g/mol. The summed E-state index contributed by atoms with van der Waals surface area (Å²) in [4.78, 5) is 12.6. The molecule has 0 heterocycles. The van der Waals surface area contributed by atoms with Gasteiger partial charge in [0, 0.05) is 18.8 Å². The lowest BCUT2D eigenvalue weighted by atomic mass is 9.98. The highest BCUT2D eigenvalue weighted by Crippen LogP contribution is 2.17. The zero-order valence-corrected chi connectivity index (χ0v) is 18.0. The van der Waals surface area contributed by atoms with Gasteiger partial charge in [0.05, 0.1) is 0 Å². The highest BCUT2D eigenvalue weighted by atomic mass is 16.1. The number of rotatable bonds is 6. The van der Waals surface area contributed by atoms with Gasteiger partial charge in [-0.15, -0.1) is 0 Å². The van der Waals surface area contributed by atoms with Crippen LogP contribution in [0.1, 0.15) is 81.8 Å². The van der Waals surface area contributed by atoms with Crippen molar-refractivity contribution in [2.24, 2.45) is 0 Å². The lowest BCUT2D eigenvalue weighted by molar-refractivity contribution is -0.117. The van der Waals surface area contributed by atoms with Gasteiger partial charge < -0.3 is 10.6 Å². The molecule has 2 N–H and O–H groups in total. The normalized spacial score (nSPS) is 17.4. The SMILES string of the molecule is Cc1ccc(CCN/C=C(/C#N)C(=O)NC2CCCCCCCCCCC2)cc1. The first kappa shape index (κ1) is 23.0. The Morgan fingerprint density at radius 3 is 2.10 bits per heavy atom. The van der Waals surface area contributed by atoms with E-state index < -0.39 is 0 Å². The van der Waals surface area contributed by atoms with Crippen LogP contribution in [0.15, 0.2) is 36.0 Å². The van der Waals surface area contributed by atoms with Gasteiger partial charge in [0.15, 0.2) is 0 Å². The average molecular weight is 396 g/mol. The number of amides is 1. The summed E-state index contributed by atoms with van der Waals surface area (Å²) >= 11 is 0. The van der Waals surface area contributed by atoms with E-state index in [4.69, 9.17) is 0 Å². The lowest BCUT2D eigenvalue weighted by Crippen LogP contribution is -2.36. The van der Waals surface area contributed by atoms with Crippen LogP contribution in [0.25, 0.3) is 0 Å². The molecule has 0 spiro atoms. The first-order chi connectivity index (χ1) is 14.2. The number of hydrogen-bond donors (Lipinski definition) is 2. The Balaban J connectivity index is 1.80. The van der Waals surface area contributed by atoms with E-state index in [1.54, 1.807) is 6.20 Å². The molecule has 0 radical (unpaired) electrons. The van der Waals surface area contributed by atoms with Gasteiger partial charge in [-0.25, -0.2) is 0 Å². The van der Waals surface area contributed by atoms with Gasteiger partial charge in [-0.2, -0.15) is 5.26 Å². The minimum absolute atomic E-state index is 0.167. The second-order valence-corrected chi connectivity index (χ2v) is 8.29. The molecule has 1 fully saturated rings. The molecule has 4 heteroatoms. The van der Waals surface area contributed by atoms with Crippen LogP contribution < -0.4 is 10.6 Å². The quantitative estimate of drug-likeness (QED) is 0.389. The fourth-order valence-corrected chi connectivity index (χ4v) is 3.86. The molecule has 1 aromatic carbocycles. The first-order valence-electron chi connectivity index (χ1n) is 11.4. The standard InChI is InChI=1S/C25H37N3O/c1-21-13-15-22(16-14-21)17-18-27-20-23(19-26)25(29)28-24-11-9-7-5-3-2-4-6-8-10-12-24/h13-16,20,24,27H,2-12,17-18H2,1H3,(H,28,29)/b23-20-. The Morgan fingerprint density at radius 1 is 1.00 bits per heavy atom. The van der Waals surface area contributed by atoms with E-state index in [0.717, 1.165) is 32.1 Å². The molecule has 0 bridgehead atoms. The topological polar surface area (TPSA) is 64.9 Å². The minimum Gasteiger partial charge on any atom is -0.389 e. The summed E-state index contributed by atoms with van der Waals surface area (Å²) in [6.07, 6.45) is 15.9. The predicted molar refractivity (Wildman–Crippen MR) is 119 cm³/mol. The summed E-state index contributed by atoms with van der Waals surface area (Å²) in [5.74, 6) is -0.243. The maximum absolute atomic E-state index is 12.6. The molecule has 0 unspecified atom stereocenters. The van der Waals surface area contributed by atoms with Crippen LogP contribution in [-0.4, -0.2) is 18.5 Å². The van der Waals surface area contributed by atoms with Crippen LogP contribution in [0.5, 0.6) is 0 Å². The highest BCUT2D eigenvalue weighted by Gasteiger charge is 2.15. The van der Waals surface area contributed by atoms with Crippen LogP contribution in [-0.2, 0) is 11.2 Å². The van der Waals surface area contributed by atoms with Crippen molar-refractivity contribution in [1.82, 2.24) is 10.6 Å². The summed E-state index contributed by atoms with van der Waals surface area (Å²) in [7, 11) is 0. The van der Waals surface area contributed by atoms with Crippen molar-refractivity contribution in [2.75, 3.05) is 6.54 Å². The molecule has 1 saturated carbocycles. The molecule has 0 aromatic heterocycles. The van der Waals surface area contributed by atoms with Crippen molar-refractivity contribution in [1.29, 1.82) is 5.26 Å². The molecule has 1 aromatic rings. The average Bonchev–Trinajstić information content (AvgIpc) is 2.71. The lowest BCUT2D eigenvalue weighted by Gasteiger charge is -2.19. The van der Waals surface area contributed by atoms with E-state index in [1.807, 2.05) is 0 Å². The van der Waals surface area contributed by atoms with E-state index in [2.05, 4.69) is 47.9 Å². The fourth-order valence-electron chi connectivity index (χ4n) is 3.86. The van der Waals surface area contributed by atoms with E-state index in [0.29, 0.717) is 6.54 Å². The van der Waals surface area contributed by atoms with Gasteiger partial charge in [0.1, 0.15) is 11.6 Å². The van der Waals surface area contributed by atoms with E-state index in [-0.39, 0.29) is 17.5 Å². The van der Waals surface area contributed by atoms with E-state index in [1.165, 1.54) is 56.1 Å². The van der Waals surface area contributed by atoms with Crippen LogP contribution in [0.3, 0.4) is 0 Å². The number of nitriles is 1. The maximum Gasteiger partial charge on any atom is 0.263 e. The maximum atomic E-state index is 12.6. The molecule has 1 aliphatic rings. The van der Waals surface area contributed by atoms with Crippen molar-refractivity contribution < 1.29 is 4.79 Å². The summed E-state index contributed by atoms with van der Waals surface area (Å²) in [6, 6.07) is 10.7. The second-order valence-electron chi connectivity index (χ2n) is 8.29. The number of nitrogens with one attached hydrogen (secondary N) is 2. The number of nitrogens with zero attached hydrogens (tertiary/aromatic N) is 1. The van der Waals surface area contributed by atoms with Gasteiger partial charge in [0.2, 0.25) is 0 Å². The monoisotopic (exact) mass is 395 g/mol. The molecule has 0 aliphatic heterocycles. The zero-order chi connectivity index (χ0) is 20.7. The number of carbonyl (C=O) groups is 1. The Morgan fingerprint density at radius 2 is 1.55 bits per heavy atom. The van der Waals surface area contributed by atoms with E-state index >= 15 is 0 Å². The van der Waals surface area contributed by atoms with Gasteiger partial charge in [-0.1, -0.05) is 87.6 Å². The van der Waals surface area contributed by atoms with Gasteiger partial charge in [0.25, 0.3) is 5.91 Å². The minimum atomic E-state index is -0.243. The zero-order valence-electron chi connectivity index (χ0n) is 18.0. The van der Waals surface area contributed by atoms with Crippen LogP contribution in [0, 0.1) is 18.3 Å². The predicted octanol–water partition coefficient (Wildman–Crippen LogP) is 5.32. The molecule has 2 rings (SSSR count). The van der Waals surface area contributed by atoms with E-state index in [9.17, 15) is 10.1 Å². The largest absolute Gasteiger partial charge is 0.389 e. The first-order valence-corrected chi connectivity index (χ1v) is 11.4. The van der Waals surface area contributed by atoms with Crippen LogP contribution in [0.4, 0.5) is 0 Å². The van der Waals surface area contributed by atoms with Gasteiger partial charge in [-0.05, 0) is 31.7 Å². The third kappa shape index (κ3) is 9.65. The molecular formula is C25H37N3O. The summed E-state index contributed by atoms with van der Waals surface area (Å²) in [5, 5.41) is 15.6.